The zero-order valence-electron chi connectivity index (χ0n) is 16.6. The molecule has 1 saturated heterocycles. The van der Waals surface area contributed by atoms with E-state index in [-0.39, 0.29) is 24.6 Å². The van der Waals surface area contributed by atoms with Crippen molar-refractivity contribution >= 4 is 5.91 Å². The van der Waals surface area contributed by atoms with E-state index in [0.29, 0.717) is 31.7 Å². The lowest BCUT2D eigenvalue weighted by Crippen LogP contribution is -2.51. The summed E-state index contributed by atoms with van der Waals surface area (Å²) in [5.41, 5.74) is 0.119. The number of carbonyl (C=O) groups excluding carboxylic acids is 1. The molecule has 0 bridgehead atoms. The summed E-state index contributed by atoms with van der Waals surface area (Å²) in [6, 6.07) is 14.7. The lowest BCUT2D eigenvalue weighted by atomic mass is 10.0. The number of nitrogens with zero attached hydrogens (tertiary/aromatic N) is 4. The second-order valence-electron chi connectivity index (χ2n) is 7.79. The van der Waals surface area contributed by atoms with Crippen LogP contribution in [0.3, 0.4) is 0 Å². The molecule has 1 aliphatic heterocycles. The lowest BCUT2D eigenvalue weighted by Gasteiger charge is -2.33. The first-order valence-electron chi connectivity index (χ1n) is 9.95. The molecule has 0 saturated carbocycles. The zero-order chi connectivity index (χ0) is 21.0. The Labute approximate surface area is 174 Å². The summed E-state index contributed by atoms with van der Waals surface area (Å²) in [4.78, 5) is 30.8. The average molecular weight is 407 g/mol. The van der Waals surface area contributed by atoms with Crippen LogP contribution < -0.4 is 5.56 Å². The topological polar surface area (TPSA) is 94.5 Å². The Kier molecular flexibility index (Phi) is 5.78. The van der Waals surface area contributed by atoms with Crippen molar-refractivity contribution in [2.24, 2.45) is 0 Å². The smallest absolute Gasteiger partial charge is 0.255 e. The highest BCUT2D eigenvalue weighted by Crippen LogP contribution is 2.20. The molecule has 4 rings (SSSR count). The van der Waals surface area contributed by atoms with Crippen molar-refractivity contribution in [1.82, 2.24) is 24.6 Å². The van der Waals surface area contributed by atoms with Crippen molar-refractivity contribution in [3.8, 4) is 0 Å². The zero-order valence-corrected chi connectivity index (χ0v) is 16.6. The van der Waals surface area contributed by atoms with Gasteiger partial charge < -0.3 is 15.0 Å². The van der Waals surface area contributed by atoms with Gasteiger partial charge in [-0.25, -0.2) is 0 Å². The van der Waals surface area contributed by atoms with Gasteiger partial charge in [0, 0.05) is 50.8 Å². The molecule has 0 unspecified atom stereocenters. The number of β-amino-alcohol motifs (C(OH)–C–C–N with tert-alkyl or cyclic N) is 1. The van der Waals surface area contributed by atoms with E-state index < -0.39 is 5.60 Å². The second-order valence-corrected chi connectivity index (χ2v) is 7.79. The van der Waals surface area contributed by atoms with Crippen LogP contribution in [-0.2, 0) is 13.1 Å². The third-order valence-corrected chi connectivity index (χ3v) is 5.27. The third kappa shape index (κ3) is 4.84. The van der Waals surface area contributed by atoms with Crippen LogP contribution in [0.1, 0.15) is 15.9 Å². The largest absolute Gasteiger partial charge is 0.385 e. The molecule has 1 amide bonds. The van der Waals surface area contributed by atoms with Gasteiger partial charge in [-0.15, -0.1) is 0 Å². The summed E-state index contributed by atoms with van der Waals surface area (Å²) in [6.45, 7) is 2.66. The van der Waals surface area contributed by atoms with Gasteiger partial charge in [0.25, 0.3) is 5.91 Å². The number of hydrogen-bond acceptors (Lipinski definition) is 5. The number of H-pyrrole nitrogens is 1. The Morgan fingerprint density at radius 1 is 1.10 bits per heavy atom. The SMILES string of the molecule is O=C(c1ccc(=O)[nH]c1)N1CCN(Cc2ccccc2)C[C@](O)(Cn2cccn2)C1. The average Bonchev–Trinajstić information content (AvgIpc) is 3.18. The van der Waals surface area contributed by atoms with Crippen LogP contribution in [0.5, 0.6) is 0 Å². The monoisotopic (exact) mass is 407 g/mol. The van der Waals surface area contributed by atoms with E-state index in [1.807, 2.05) is 24.3 Å². The molecular formula is C22H25N5O3. The van der Waals surface area contributed by atoms with Crippen molar-refractivity contribution in [3.63, 3.8) is 0 Å². The second kappa shape index (κ2) is 8.64. The normalized spacial score (nSPS) is 20.1. The molecule has 3 aromatic rings. The van der Waals surface area contributed by atoms with Crippen LogP contribution in [0.15, 0.2) is 71.9 Å². The number of pyridine rings is 1. The summed E-state index contributed by atoms with van der Waals surface area (Å²) in [5, 5.41) is 15.8. The molecule has 1 fully saturated rings. The van der Waals surface area contributed by atoms with Gasteiger partial charge >= 0.3 is 0 Å². The van der Waals surface area contributed by atoms with Crippen molar-refractivity contribution in [3.05, 3.63) is 88.6 Å². The van der Waals surface area contributed by atoms with Gasteiger partial charge in [0.2, 0.25) is 5.56 Å². The van der Waals surface area contributed by atoms with Crippen LogP contribution >= 0.6 is 0 Å². The maximum atomic E-state index is 13.1. The summed E-state index contributed by atoms with van der Waals surface area (Å²) >= 11 is 0. The predicted octanol–water partition coefficient (Wildman–Crippen LogP) is 0.961. The first-order chi connectivity index (χ1) is 14.5. The van der Waals surface area contributed by atoms with E-state index >= 15 is 0 Å². The molecule has 2 N–H and O–H groups in total. The molecule has 30 heavy (non-hydrogen) atoms. The number of aromatic amines is 1. The van der Waals surface area contributed by atoms with Crippen molar-refractivity contribution < 1.29 is 9.90 Å². The van der Waals surface area contributed by atoms with Crippen LogP contribution in [-0.4, -0.2) is 67.4 Å². The molecule has 0 aliphatic carbocycles. The Balaban J connectivity index is 1.57. The molecule has 1 atom stereocenters. The molecule has 2 aromatic heterocycles. The molecule has 156 valence electrons. The highest BCUT2D eigenvalue weighted by atomic mass is 16.3. The minimum absolute atomic E-state index is 0.177. The number of amides is 1. The van der Waals surface area contributed by atoms with Gasteiger partial charge in [0.05, 0.1) is 18.7 Å². The van der Waals surface area contributed by atoms with Crippen LogP contribution in [0.4, 0.5) is 0 Å². The van der Waals surface area contributed by atoms with Gasteiger partial charge in [-0.3, -0.25) is 19.2 Å². The van der Waals surface area contributed by atoms with Crippen molar-refractivity contribution in [2.45, 2.75) is 18.7 Å². The van der Waals surface area contributed by atoms with E-state index in [2.05, 4.69) is 27.1 Å². The van der Waals surface area contributed by atoms with Crippen LogP contribution in [0.25, 0.3) is 0 Å². The van der Waals surface area contributed by atoms with Crippen molar-refractivity contribution in [2.75, 3.05) is 26.2 Å². The fraction of sp³-hybridized carbons (Fsp3) is 0.318. The summed E-state index contributed by atoms with van der Waals surface area (Å²) < 4.78 is 1.69. The standard InChI is InChI=1S/C22H25N5O3/c28-20-8-7-19(13-23-20)21(29)26-12-11-25(14-18-5-2-1-3-6-18)15-22(30,16-26)17-27-10-4-9-24-27/h1-10,13,30H,11-12,14-17H2,(H,23,28)/t22-/m1/s1. The van der Waals surface area contributed by atoms with Crippen LogP contribution in [0, 0.1) is 0 Å². The number of hydrogen-bond donors (Lipinski definition) is 2. The van der Waals surface area contributed by atoms with E-state index in [4.69, 9.17) is 0 Å². The lowest BCUT2D eigenvalue weighted by molar-refractivity contribution is -0.0184. The highest BCUT2D eigenvalue weighted by Gasteiger charge is 2.37. The fourth-order valence-electron chi connectivity index (χ4n) is 3.91. The Morgan fingerprint density at radius 3 is 2.63 bits per heavy atom. The first kappa shape index (κ1) is 20.1. The molecule has 1 aliphatic rings. The number of nitrogens with one attached hydrogen (secondary N) is 1. The van der Waals surface area contributed by atoms with E-state index in [1.165, 1.54) is 18.3 Å². The van der Waals surface area contributed by atoms with Gasteiger partial charge in [-0.2, -0.15) is 5.10 Å². The molecule has 3 heterocycles. The third-order valence-electron chi connectivity index (χ3n) is 5.27. The maximum Gasteiger partial charge on any atom is 0.255 e. The van der Waals surface area contributed by atoms with Gasteiger partial charge in [0.1, 0.15) is 5.60 Å². The minimum atomic E-state index is -1.17. The quantitative estimate of drug-likeness (QED) is 0.657. The molecular weight excluding hydrogens is 382 g/mol. The van der Waals surface area contributed by atoms with Gasteiger partial charge in [-0.1, -0.05) is 30.3 Å². The van der Waals surface area contributed by atoms with Crippen LogP contribution in [0.2, 0.25) is 0 Å². The van der Waals surface area contributed by atoms with E-state index in [1.54, 1.807) is 22.0 Å². The summed E-state index contributed by atoms with van der Waals surface area (Å²) in [6.07, 6.45) is 4.90. The highest BCUT2D eigenvalue weighted by molar-refractivity contribution is 5.94. The Hall–Kier alpha value is -3.23. The summed E-state index contributed by atoms with van der Waals surface area (Å²) in [5.74, 6) is -0.216. The van der Waals surface area contributed by atoms with Gasteiger partial charge in [-0.05, 0) is 17.7 Å². The number of aromatic nitrogens is 3. The Morgan fingerprint density at radius 2 is 1.93 bits per heavy atom. The van der Waals surface area contributed by atoms with Gasteiger partial charge in [0.15, 0.2) is 0 Å². The Bertz CT molecular complexity index is 1010. The minimum Gasteiger partial charge on any atom is -0.385 e. The molecule has 0 radical (unpaired) electrons. The number of benzene rings is 1. The summed E-state index contributed by atoms with van der Waals surface area (Å²) in [7, 11) is 0. The van der Waals surface area contributed by atoms with E-state index in [9.17, 15) is 14.7 Å². The number of aliphatic hydroxyl groups is 1. The number of rotatable bonds is 5. The molecule has 0 spiro atoms. The predicted molar refractivity (Wildman–Crippen MR) is 112 cm³/mol. The first-order valence-corrected chi connectivity index (χ1v) is 9.95. The van der Waals surface area contributed by atoms with E-state index in [0.717, 1.165) is 5.56 Å². The molecule has 1 aromatic carbocycles. The maximum absolute atomic E-state index is 13.1. The molecule has 8 nitrogen and oxygen atoms in total. The van der Waals surface area contributed by atoms with Crippen molar-refractivity contribution in [1.29, 1.82) is 0 Å². The fourth-order valence-corrected chi connectivity index (χ4v) is 3.91. The number of carbonyl (C=O) groups is 1. The molecule has 8 heteroatoms.